The van der Waals surface area contributed by atoms with Crippen molar-refractivity contribution in [2.75, 3.05) is 19.7 Å². The Morgan fingerprint density at radius 2 is 2.28 bits per heavy atom. The molecule has 132 valence electrons. The maximum Gasteiger partial charge on any atom is 0.282 e. The van der Waals surface area contributed by atoms with E-state index in [1.54, 1.807) is 30.3 Å². The summed E-state index contributed by atoms with van der Waals surface area (Å²) in [6.07, 6.45) is 1.22. The van der Waals surface area contributed by atoms with Crippen molar-refractivity contribution < 1.29 is 14.5 Å². The summed E-state index contributed by atoms with van der Waals surface area (Å²) < 4.78 is 7.59. The number of hydrogen-bond donors (Lipinski definition) is 0. The molecule has 1 aromatic carbocycles. The maximum atomic E-state index is 12.9. The highest BCUT2D eigenvalue weighted by Gasteiger charge is 2.32. The summed E-state index contributed by atoms with van der Waals surface area (Å²) in [4.78, 5) is 25.3. The predicted octanol–water partition coefficient (Wildman–Crippen LogP) is 1.73. The zero-order valence-corrected chi connectivity index (χ0v) is 14.1. The van der Waals surface area contributed by atoms with Gasteiger partial charge in [-0.15, -0.1) is 10.2 Å². The molecule has 1 unspecified atom stereocenters. The van der Waals surface area contributed by atoms with Gasteiger partial charge in [0.05, 0.1) is 18.1 Å². The number of amides is 1. The maximum absolute atomic E-state index is 12.9. The molecule has 0 spiro atoms. The smallest absolute Gasteiger partial charge is 0.282 e. The first-order chi connectivity index (χ1) is 12.0. The van der Waals surface area contributed by atoms with Crippen LogP contribution in [0, 0.1) is 17.0 Å². The van der Waals surface area contributed by atoms with Crippen LogP contribution < -0.4 is 0 Å². The number of nitro groups is 1. The van der Waals surface area contributed by atoms with Crippen molar-refractivity contribution in [2.24, 2.45) is 0 Å². The summed E-state index contributed by atoms with van der Waals surface area (Å²) in [5, 5.41) is 19.3. The van der Waals surface area contributed by atoms with Gasteiger partial charge in [0, 0.05) is 19.2 Å². The summed E-state index contributed by atoms with van der Waals surface area (Å²) in [7, 11) is 0. The van der Waals surface area contributed by atoms with E-state index in [4.69, 9.17) is 4.74 Å². The molecule has 25 heavy (non-hydrogen) atoms. The van der Waals surface area contributed by atoms with Crippen molar-refractivity contribution in [3.8, 4) is 0 Å². The number of hydrogen-bond acceptors (Lipinski definition) is 6. The van der Waals surface area contributed by atoms with Crippen LogP contribution in [0.3, 0.4) is 0 Å². The number of benzene rings is 1. The van der Waals surface area contributed by atoms with Gasteiger partial charge in [-0.3, -0.25) is 14.9 Å². The molecule has 1 aliphatic rings. The van der Waals surface area contributed by atoms with Gasteiger partial charge in [-0.1, -0.05) is 12.1 Å². The Labute approximate surface area is 144 Å². The van der Waals surface area contributed by atoms with Gasteiger partial charge < -0.3 is 14.2 Å². The number of nitro benzene ring substituents is 1. The molecule has 0 N–H and O–H groups in total. The Balaban J connectivity index is 1.87. The van der Waals surface area contributed by atoms with E-state index in [0.717, 1.165) is 0 Å². The van der Waals surface area contributed by atoms with Crippen molar-refractivity contribution in [1.82, 2.24) is 19.7 Å². The molecule has 2 aromatic rings. The molecule has 0 radical (unpaired) electrons. The number of rotatable bonds is 4. The van der Waals surface area contributed by atoms with E-state index >= 15 is 0 Å². The lowest BCUT2D eigenvalue weighted by atomic mass is 10.0. The van der Waals surface area contributed by atoms with Gasteiger partial charge in [-0.25, -0.2) is 0 Å². The summed E-state index contributed by atoms with van der Waals surface area (Å²) in [6, 6.07) is 4.63. The Morgan fingerprint density at radius 3 is 3.00 bits per heavy atom. The first-order valence-electron chi connectivity index (χ1n) is 8.05. The Kier molecular flexibility index (Phi) is 4.75. The molecule has 1 amide bonds. The van der Waals surface area contributed by atoms with E-state index in [1.807, 2.05) is 11.5 Å². The summed E-state index contributed by atoms with van der Waals surface area (Å²) in [6.45, 7) is 5.36. The predicted molar refractivity (Wildman–Crippen MR) is 88.1 cm³/mol. The highest BCUT2D eigenvalue weighted by atomic mass is 16.6. The summed E-state index contributed by atoms with van der Waals surface area (Å²) >= 11 is 0. The largest absolute Gasteiger partial charge is 0.366 e. The van der Waals surface area contributed by atoms with Crippen LogP contribution >= 0.6 is 0 Å². The van der Waals surface area contributed by atoms with Crippen LogP contribution in [0.4, 0.5) is 5.69 Å². The zero-order valence-electron chi connectivity index (χ0n) is 14.1. The van der Waals surface area contributed by atoms with Crippen molar-refractivity contribution in [3.63, 3.8) is 0 Å². The molecular formula is C16H19N5O4. The Bertz CT molecular complexity index is 804. The van der Waals surface area contributed by atoms with Crippen LogP contribution in [0.15, 0.2) is 24.5 Å². The molecule has 9 heteroatoms. The molecule has 3 rings (SSSR count). The molecule has 1 saturated heterocycles. The molecule has 0 bridgehead atoms. The highest BCUT2D eigenvalue weighted by Crippen LogP contribution is 2.27. The second kappa shape index (κ2) is 6.98. The van der Waals surface area contributed by atoms with Crippen LogP contribution in [-0.2, 0) is 11.3 Å². The van der Waals surface area contributed by atoms with Gasteiger partial charge in [0.2, 0.25) is 0 Å². The molecule has 9 nitrogen and oxygen atoms in total. The lowest BCUT2D eigenvalue weighted by Gasteiger charge is -2.32. The molecule has 1 fully saturated rings. The van der Waals surface area contributed by atoms with Gasteiger partial charge >= 0.3 is 0 Å². The third-order valence-corrected chi connectivity index (χ3v) is 4.29. The van der Waals surface area contributed by atoms with Crippen molar-refractivity contribution >= 4 is 11.6 Å². The minimum Gasteiger partial charge on any atom is -0.366 e. The number of morpholine rings is 1. The fourth-order valence-electron chi connectivity index (χ4n) is 2.99. The first kappa shape index (κ1) is 17.0. The van der Waals surface area contributed by atoms with Crippen molar-refractivity contribution in [1.29, 1.82) is 0 Å². The highest BCUT2D eigenvalue weighted by molar-refractivity contribution is 5.99. The molecule has 0 saturated carbocycles. The fraction of sp³-hybridized carbons (Fsp3) is 0.438. The Hall–Kier alpha value is -2.81. The third kappa shape index (κ3) is 3.22. The monoisotopic (exact) mass is 345 g/mol. The SMILES string of the molecule is CCn1cnnc1C1CN(C(=O)c2c(C)cccc2[N+](=O)[O-])CCO1. The third-order valence-electron chi connectivity index (χ3n) is 4.29. The minimum atomic E-state index is -0.522. The lowest BCUT2D eigenvalue weighted by Crippen LogP contribution is -2.43. The number of carbonyl (C=O) groups is 1. The molecule has 2 heterocycles. The summed E-state index contributed by atoms with van der Waals surface area (Å²) in [5.74, 6) is 0.292. The van der Waals surface area contributed by atoms with Crippen LogP contribution in [-0.4, -0.2) is 50.2 Å². The second-order valence-corrected chi connectivity index (χ2v) is 5.81. The molecule has 0 aliphatic carbocycles. The molecule has 1 atom stereocenters. The van der Waals surface area contributed by atoms with Crippen molar-refractivity contribution in [2.45, 2.75) is 26.5 Å². The number of carbonyl (C=O) groups excluding carboxylic acids is 1. The normalized spacial score (nSPS) is 17.5. The minimum absolute atomic E-state index is 0.130. The number of aromatic nitrogens is 3. The lowest BCUT2D eigenvalue weighted by molar-refractivity contribution is -0.385. The quantitative estimate of drug-likeness (QED) is 0.617. The van der Waals surface area contributed by atoms with Crippen molar-refractivity contribution in [3.05, 3.63) is 51.6 Å². The zero-order chi connectivity index (χ0) is 18.0. The van der Waals surface area contributed by atoms with Gasteiger partial charge in [-0.2, -0.15) is 0 Å². The fourth-order valence-corrected chi connectivity index (χ4v) is 2.99. The number of ether oxygens (including phenoxy) is 1. The van der Waals surface area contributed by atoms with E-state index in [-0.39, 0.29) is 23.7 Å². The molecule has 1 aromatic heterocycles. The van der Waals surface area contributed by atoms with E-state index < -0.39 is 11.0 Å². The standard InChI is InChI=1S/C16H19N5O4/c1-3-19-10-17-18-15(19)13-9-20(7-8-25-13)16(22)14-11(2)5-4-6-12(14)21(23)24/h4-6,10,13H,3,7-9H2,1-2H3. The van der Waals surface area contributed by atoms with E-state index in [0.29, 0.717) is 31.1 Å². The van der Waals surface area contributed by atoms with Crippen LogP contribution in [0.2, 0.25) is 0 Å². The van der Waals surface area contributed by atoms with Crippen LogP contribution in [0.25, 0.3) is 0 Å². The van der Waals surface area contributed by atoms with Gasteiger partial charge in [0.1, 0.15) is 18.0 Å². The average Bonchev–Trinajstić information content (AvgIpc) is 3.09. The number of nitrogens with zero attached hydrogens (tertiary/aromatic N) is 5. The van der Waals surface area contributed by atoms with Gasteiger partial charge in [0.15, 0.2) is 5.82 Å². The van der Waals surface area contributed by atoms with Crippen LogP contribution in [0.5, 0.6) is 0 Å². The summed E-state index contributed by atoms with van der Waals surface area (Å²) in [5.41, 5.74) is 0.536. The molecular weight excluding hydrogens is 326 g/mol. The molecule has 1 aliphatic heterocycles. The Morgan fingerprint density at radius 1 is 1.48 bits per heavy atom. The second-order valence-electron chi connectivity index (χ2n) is 5.81. The number of aryl methyl sites for hydroxylation is 2. The van der Waals surface area contributed by atoms with Gasteiger partial charge in [0.25, 0.3) is 11.6 Å². The topological polar surface area (TPSA) is 103 Å². The van der Waals surface area contributed by atoms with Crippen LogP contribution in [0.1, 0.15) is 34.8 Å². The average molecular weight is 345 g/mol. The van der Waals surface area contributed by atoms with E-state index in [2.05, 4.69) is 10.2 Å². The first-order valence-corrected chi connectivity index (χ1v) is 8.05. The van der Waals surface area contributed by atoms with E-state index in [1.165, 1.54) is 6.07 Å². The van der Waals surface area contributed by atoms with E-state index in [9.17, 15) is 14.9 Å². The van der Waals surface area contributed by atoms with Gasteiger partial charge in [-0.05, 0) is 19.4 Å².